The number of rotatable bonds is 3. The minimum absolute atomic E-state index is 0.162. The average Bonchev–Trinajstić information content (AvgIpc) is 2.96. The number of imide groups is 1. The van der Waals surface area contributed by atoms with E-state index in [-0.39, 0.29) is 18.2 Å². The van der Waals surface area contributed by atoms with Gasteiger partial charge in [0.1, 0.15) is 0 Å². The van der Waals surface area contributed by atoms with Crippen molar-refractivity contribution in [2.24, 2.45) is 0 Å². The van der Waals surface area contributed by atoms with Gasteiger partial charge < -0.3 is 4.90 Å². The predicted octanol–water partition coefficient (Wildman–Crippen LogP) is 4.10. The van der Waals surface area contributed by atoms with Gasteiger partial charge in [-0.1, -0.05) is 46.9 Å². The number of carbonyl (C=O) groups is 2. The molecule has 0 aromatic heterocycles. The summed E-state index contributed by atoms with van der Waals surface area (Å²) in [6.45, 7) is 2.84. The molecule has 2 aliphatic rings. The summed E-state index contributed by atoms with van der Waals surface area (Å²) < 4.78 is 0. The first-order chi connectivity index (χ1) is 13.4. The van der Waals surface area contributed by atoms with E-state index < -0.39 is 6.04 Å². The number of carbonyl (C=O) groups excluding carboxylic acids is 2. The number of halogens is 3. The molecule has 0 bridgehead atoms. The third kappa shape index (κ3) is 3.72. The van der Waals surface area contributed by atoms with Crippen LogP contribution in [0.2, 0.25) is 15.1 Å². The highest BCUT2D eigenvalue weighted by molar-refractivity contribution is 6.35. The van der Waals surface area contributed by atoms with Gasteiger partial charge in [-0.25, -0.2) is 4.90 Å². The van der Waals surface area contributed by atoms with Crippen molar-refractivity contribution in [1.29, 1.82) is 0 Å². The normalized spacial score (nSPS) is 20.9. The van der Waals surface area contributed by atoms with Crippen LogP contribution < -0.4 is 9.80 Å². The first-order valence-electron chi connectivity index (χ1n) is 9.00. The smallest absolute Gasteiger partial charge is 0.251 e. The fourth-order valence-electron chi connectivity index (χ4n) is 3.82. The summed E-state index contributed by atoms with van der Waals surface area (Å²) >= 11 is 18.4. The third-order valence-electron chi connectivity index (χ3n) is 5.18. The molecule has 0 radical (unpaired) electrons. The molecule has 5 nitrogen and oxygen atoms in total. The first kappa shape index (κ1) is 19.5. The maximum Gasteiger partial charge on any atom is 0.251 e. The minimum Gasteiger partial charge on any atom is -0.368 e. The zero-order valence-corrected chi connectivity index (χ0v) is 17.2. The summed E-state index contributed by atoms with van der Waals surface area (Å²) in [5.74, 6) is -0.462. The molecular formula is C20H18Cl3N3O2. The number of nitrogens with zero attached hydrogens (tertiary/aromatic N) is 3. The fourth-order valence-corrected chi connectivity index (χ4v) is 4.59. The van der Waals surface area contributed by atoms with Gasteiger partial charge in [0.25, 0.3) is 5.91 Å². The summed E-state index contributed by atoms with van der Waals surface area (Å²) in [7, 11) is 0. The molecule has 2 aromatic carbocycles. The topological polar surface area (TPSA) is 43.9 Å². The Kier molecular flexibility index (Phi) is 5.52. The second-order valence-corrected chi connectivity index (χ2v) is 8.17. The fraction of sp³-hybridized carbons (Fsp3) is 0.300. The molecule has 146 valence electrons. The summed E-state index contributed by atoms with van der Waals surface area (Å²) in [5.41, 5.74) is 1.41. The number of anilines is 2. The molecule has 2 heterocycles. The number of hydrogen-bond donors (Lipinski definition) is 0. The van der Waals surface area contributed by atoms with Crippen LogP contribution in [0.1, 0.15) is 6.42 Å². The summed E-state index contributed by atoms with van der Waals surface area (Å²) in [6.07, 6.45) is 0.162. The molecule has 0 N–H and O–H groups in total. The van der Waals surface area contributed by atoms with Crippen LogP contribution in [0, 0.1) is 0 Å². The van der Waals surface area contributed by atoms with Crippen molar-refractivity contribution in [1.82, 2.24) is 4.90 Å². The monoisotopic (exact) mass is 437 g/mol. The molecule has 0 spiro atoms. The minimum atomic E-state index is -0.460. The Labute approximate surface area is 178 Å². The Bertz CT molecular complexity index is 908. The molecule has 28 heavy (non-hydrogen) atoms. The third-order valence-corrected chi connectivity index (χ3v) is 5.93. The van der Waals surface area contributed by atoms with E-state index in [1.54, 1.807) is 18.2 Å². The molecule has 4 rings (SSSR count). The lowest BCUT2D eigenvalue weighted by Crippen LogP contribution is -2.52. The van der Waals surface area contributed by atoms with Gasteiger partial charge in [-0.3, -0.25) is 14.5 Å². The van der Waals surface area contributed by atoms with Crippen molar-refractivity contribution in [3.8, 4) is 0 Å². The molecule has 0 unspecified atom stereocenters. The predicted molar refractivity (Wildman–Crippen MR) is 113 cm³/mol. The number of para-hydroxylation sites is 1. The van der Waals surface area contributed by atoms with Gasteiger partial charge in [0.15, 0.2) is 0 Å². The standard InChI is InChI=1S/C20H18Cl3N3O2/c21-13-9-14(22)11-15(10-13)26-19(27)12-18(20(26)28)25-7-5-24(6-8-25)17-4-2-1-3-16(17)23/h1-4,9-11,18H,5-8,12H2/t18-/m1/s1. The number of hydrogen-bond acceptors (Lipinski definition) is 4. The highest BCUT2D eigenvalue weighted by Crippen LogP contribution is 2.32. The van der Waals surface area contributed by atoms with E-state index in [1.165, 1.54) is 4.90 Å². The molecule has 2 fully saturated rings. The van der Waals surface area contributed by atoms with Crippen molar-refractivity contribution in [3.05, 3.63) is 57.5 Å². The zero-order chi connectivity index (χ0) is 19.8. The molecule has 2 aromatic rings. The van der Waals surface area contributed by atoms with Gasteiger partial charge in [-0.2, -0.15) is 0 Å². The van der Waals surface area contributed by atoms with Crippen LogP contribution in [0.4, 0.5) is 11.4 Å². The SMILES string of the molecule is O=C1C[C@@H](N2CCN(c3ccccc3Cl)CC2)C(=O)N1c1cc(Cl)cc(Cl)c1. The molecule has 0 saturated carbocycles. The number of amides is 2. The van der Waals surface area contributed by atoms with Crippen molar-refractivity contribution >= 4 is 58.0 Å². The summed E-state index contributed by atoms with van der Waals surface area (Å²) in [5, 5.41) is 1.49. The molecular weight excluding hydrogens is 421 g/mol. The molecule has 2 amide bonds. The van der Waals surface area contributed by atoms with E-state index in [0.717, 1.165) is 18.8 Å². The lowest BCUT2D eigenvalue weighted by Gasteiger charge is -2.38. The van der Waals surface area contributed by atoms with Gasteiger partial charge in [0, 0.05) is 36.2 Å². The Balaban J connectivity index is 1.47. The van der Waals surface area contributed by atoms with Gasteiger partial charge in [-0.05, 0) is 30.3 Å². The lowest BCUT2D eigenvalue weighted by atomic mass is 10.1. The lowest BCUT2D eigenvalue weighted by molar-refractivity contribution is -0.123. The van der Waals surface area contributed by atoms with Crippen molar-refractivity contribution in [3.63, 3.8) is 0 Å². The van der Waals surface area contributed by atoms with Gasteiger partial charge in [0.05, 0.1) is 28.9 Å². The van der Waals surface area contributed by atoms with E-state index in [9.17, 15) is 9.59 Å². The van der Waals surface area contributed by atoms with E-state index in [4.69, 9.17) is 34.8 Å². The average molecular weight is 439 g/mol. The van der Waals surface area contributed by atoms with E-state index >= 15 is 0 Å². The highest BCUT2D eigenvalue weighted by Gasteiger charge is 2.43. The van der Waals surface area contributed by atoms with Crippen LogP contribution in [0.25, 0.3) is 0 Å². The zero-order valence-electron chi connectivity index (χ0n) is 14.9. The quantitative estimate of drug-likeness (QED) is 0.677. The van der Waals surface area contributed by atoms with Crippen molar-refractivity contribution in [2.45, 2.75) is 12.5 Å². The van der Waals surface area contributed by atoms with Crippen LogP contribution in [0.3, 0.4) is 0 Å². The van der Waals surface area contributed by atoms with Crippen LogP contribution >= 0.6 is 34.8 Å². The highest BCUT2D eigenvalue weighted by atomic mass is 35.5. The molecule has 1 atom stereocenters. The van der Waals surface area contributed by atoms with E-state index in [1.807, 2.05) is 24.3 Å². The maximum atomic E-state index is 13.0. The van der Waals surface area contributed by atoms with Crippen LogP contribution in [-0.4, -0.2) is 48.9 Å². The van der Waals surface area contributed by atoms with Crippen LogP contribution in [-0.2, 0) is 9.59 Å². The second kappa shape index (κ2) is 7.91. The molecule has 2 saturated heterocycles. The summed E-state index contributed by atoms with van der Waals surface area (Å²) in [6, 6.07) is 12.0. The number of benzene rings is 2. The van der Waals surface area contributed by atoms with Crippen LogP contribution in [0.5, 0.6) is 0 Å². The molecule has 0 aliphatic carbocycles. The van der Waals surface area contributed by atoms with Crippen molar-refractivity contribution in [2.75, 3.05) is 36.0 Å². The second-order valence-electron chi connectivity index (χ2n) is 6.89. The Morgan fingerprint density at radius 2 is 1.50 bits per heavy atom. The van der Waals surface area contributed by atoms with Gasteiger partial charge in [0.2, 0.25) is 5.91 Å². The first-order valence-corrected chi connectivity index (χ1v) is 10.1. The van der Waals surface area contributed by atoms with E-state index in [0.29, 0.717) is 33.8 Å². The van der Waals surface area contributed by atoms with Crippen molar-refractivity contribution < 1.29 is 9.59 Å². The maximum absolute atomic E-state index is 13.0. The van der Waals surface area contributed by atoms with Gasteiger partial charge >= 0.3 is 0 Å². The number of piperazine rings is 1. The Hall–Kier alpha value is -1.79. The van der Waals surface area contributed by atoms with Crippen LogP contribution in [0.15, 0.2) is 42.5 Å². The van der Waals surface area contributed by atoms with Gasteiger partial charge in [-0.15, -0.1) is 0 Å². The largest absolute Gasteiger partial charge is 0.368 e. The Morgan fingerprint density at radius 1 is 0.857 bits per heavy atom. The molecule has 2 aliphatic heterocycles. The van der Waals surface area contributed by atoms with E-state index in [2.05, 4.69) is 9.80 Å². The molecule has 8 heteroatoms. The Morgan fingerprint density at radius 3 is 2.14 bits per heavy atom. The summed E-state index contributed by atoms with van der Waals surface area (Å²) in [4.78, 5) is 31.0.